The van der Waals surface area contributed by atoms with Crippen molar-refractivity contribution in [2.24, 2.45) is 10.1 Å². The zero-order valence-corrected chi connectivity index (χ0v) is 12.3. The van der Waals surface area contributed by atoms with Gasteiger partial charge in [-0.3, -0.25) is 5.43 Å². The maximum absolute atomic E-state index is 11.8. The fourth-order valence-electron chi connectivity index (χ4n) is 2.00. The molecule has 0 radical (unpaired) electrons. The molecule has 0 atom stereocenters. The number of cyclic esters (lactones) is 1. The average molecular weight is 293 g/mol. The number of ether oxygens (including phenoxy) is 1. The number of carbonyl (C=O) groups excluding carboxylic acids is 1. The van der Waals surface area contributed by atoms with E-state index >= 15 is 0 Å². The Morgan fingerprint density at radius 3 is 2.55 bits per heavy atom. The van der Waals surface area contributed by atoms with Gasteiger partial charge in [0.25, 0.3) is 5.84 Å². The van der Waals surface area contributed by atoms with Gasteiger partial charge in [0.1, 0.15) is 0 Å². The molecule has 2 aromatic carbocycles. The largest absolute Gasteiger partial charge is 0.401 e. The highest BCUT2D eigenvalue weighted by Gasteiger charge is 2.25. The van der Waals surface area contributed by atoms with Crippen molar-refractivity contribution in [3.8, 4) is 0 Å². The van der Waals surface area contributed by atoms with Crippen LogP contribution in [0.1, 0.15) is 16.7 Å². The maximum atomic E-state index is 11.8. The Kier molecular flexibility index (Phi) is 3.70. The van der Waals surface area contributed by atoms with Crippen LogP contribution in [-0.2, 0) is 9.53 Å². The Hall–Kier alpha value is -2.95. The van der Waals surface area contributed by atoms with Gasteiger partial charge in [-0.1, -0.05) is 24.3 Å². The van der Waals surface area contributed by atoms with Crippen molar-refractivity contribution in [3.05, 3.63) is 65.2 Å². The Labute approximate surface area is 128 Å². The molecule has 5 heteroatoms. The molecule has 1 heterocycles. The Balaban J connectivity index is 1.80. The molecule has 1 N–H and O–H groups in total. The minimum absolute atomic E-state index is 0.0112. The van der Waals surface area contributed by atoms with E-state index in [4.69, 9.17) is 4.74 Å². The quantitative estimate of drug-likeness (QED) is 0.699. The lowest BCUT2D eigenvalue weighted by atomic mass is 10.1. The van der Waals surface area contributed by atoms with Gasteiger partial charge in [-0.25, -0.2) is 4.79 Å². The number of anilines is 1. The molecule has 5 nitrogen and oxygen atoms in total. The topological polar surface area (TPSA) is 63.1 Å². The van der Waals surface area contributed by atoms with E-state index < -0.39 is 5.97 Å². The second-order valence-corrected chi connectivity index (χ2v) is 5.02. The number of aryl methyl sites for hydroxylation is 2. The van der Waals surface area contributed by atoms with Crippen LogP contribution in [0.2, 0.25) is 0 Å². The smallest absolute Gasteiger partial charge is 0.385 e. The molecule has 0 fully saturated rings. The Bertz CT molecular complexity index is 780. The third kappa shape index (κ3) is 2.88. The van der Waals surface area contributed by atoms with Crippen LogP contribution < -0.4 is 5.43 Å². The molecule has 1 aliphatic rings. The highest BCUT2D eigenvalue weighted by Crippen LogP contribution is 2.15. The molecule has 1 aliphatic heterocycles. The summed E-state index contributed by atoms with van der Waals surface area (Å²) in [6, 6.07) is 15.1. The van der Waals surface area contributed by atoms with Crippen LogP contribution in [-0.4, -0.2) is 17.7 Å². The van der Waals surface area contributed by atoms with Gasteiger partial charge in [0, 0.05) is 5.56 Å². The minimum atomic E-state index is -0.560. The lowest BCUT2D eigenvalue weighted by molar-refractivity contribution is -0.127. The van der Waals surface area contributed by atoms with Crippen LogP contribution in [0.4, 0.5) is 5.69 Å². The van der Waals surface area contributed by atoms with Crippen molar-refractivity contribution in [1.29, 1.82) is 0 Å². The lowest BCUT2D eigenvalue weighted by Gasteiger charge is -2.03. The number of hydrogen-bond donors (Lipinski definition) is 1. The molecule has 0 aromatic heterocycles. The number of hydrogen-bond acceptors (Lipinski definition) is 4. The number of hydrazone groups is 1. The normalized spacial score (nSPS) is 15.6. The van der Waals surface area contributed by atoms with Crippen LogP contribution in [0.15, 0.2) is 58.6 Å². The van der Waals surface area contributed by atoms with Crippen LogP contribution in [0.25, 0.3) is 0 Å². The molecule has 110 valence electrons. The summed E-state index contributed by atoms with van der Waals surface area (Å²) in [6.07, 6.45) is 0. The monoisotopic (exact) mass is 293 g/mol. The summed E-state index contributed by atoms with van der Waals surface area (Å²) in [5.74, 6) is -0.279. The van der Waals surface area contributed by atoms with Gasteiger partial charge in [0.15, 0.2) is 0 Å². The summed E-state index contributed by atoms with van der Waals surface area (Å²) in [5, 5.41) is 4.03. The van der Waals surface area contributed by atoms with E-state index in [1.165, 1.54) is 5.56 Å². The highest BCUT2D eigenvalue weighted by molar-refractivity contribution is 6.43. The fourth-order valence-corrected chi connectivity index (χ4v) is 2.00. The molecule has 0 saturated heterocycles. The number of nitrogens with zero attached hydrogens (tertiary/aromatic N) is 2. The Morgan fingerprint density at radius 2 is 1.82 bits per heavy atom. The summed E-state index contributed by atoms with van der Waals surface area (Å²) in [4.78, 5) is 15.9. The third-order valence-electron chi connectivity index (χ3n) is 3.40. The average Bonchev–Trinajstić information content (AvgIpc) is 2.90. The number of nitrogens with one attached hydrogen (secondary N) is 1. The van der Waals surface area contributed by atoms with Crippen LogP contribution in [0.5, 0.6) is 0 Å². The number of esters is 1. The van der Waals surface area contributed by atoms with E-state index in [-0.39, 0.29) is 11.7 Å². The van der Waals surface area contributed by atoms with E-state index in [0.29, 0.717) is 0 Å². The van der Waals surface area contributed by atoms with Crippen molar-refractivity contribution in [1.82, 2.24) is 0 Å². The minimum Gasteiger partial charge on any atom is -0.401 e. The van der Waals surface area contributed by atoms with E-state index in [2.05, 4.69) is 15.5 Å². The first kappa shape index (κ1) is 14.0. The zero-order chi connectivity index (χ0) is 15.5. The predicted molar refractivity (Wildman–Crippen MR) is 86.0 cm³/mol. The highest BCUT2D eigenvalue weighted by atomic mass is 16.6. The van der Waals surface area contributed by atoms with Crippen molar-refractivity contribution in [2.75, 3.05) is 5.43 Å². The van der Waals surface area contributed by atoms with Gasteiger partial charge in [-0.05, 0) is 49.2 Å². The SMILES string of the molecule is Cc1ccc(N/N=C2/N=C(c3ccccc3)OC2=O)cc1C. The molecule has 0 amide bonds. The van der Waals surface area contributed by atoms with Crippen molar-refractivity contribution < 1.29 is 9.53 Å². The number of carbonyl (C=O) groups is 1. The first-order valence-electron chi connectivity index (χ1n) is 6.91. The molecule has 22 heavy (non-hydrogen) atoms. The molecule has 0 aliphatic carbocycles. The molecular weight excluding hydrogens is 278 g/mol. The molecule has 3 rings (SSSR count). The van der Waals surface area contributed by atoms with Crippen molar-refractivity contribution in [2.45, 2.75) is 13.8 Å². The Morgan fingerprint density at radius 1 is 1.05 bits per heavy atom. The second kappa shape index (κ2) is 5.81. The van der Waals surface area contributed by atoms with E-state index in [0.717, 1.165) is 16.8 Å². The first-order valence-corrected chi connectivity index (χ1v) is 6.91. The summed E-state index contributed by atoms with van der Waals surface area (Å²) in [7, 11) is 0. The fraction of sp³-hybridized carbons (Fsp3) is 0.118. The molecule has 2 aromatic rings. The molecule has 0 saturated carbocycles. The maximum Gasteiger partial charge on any atom is 0.385 e. The standard InChI is InChI=1S/C17H15N3O2/c1-11-8-9-14(10-12(11)2)19-20-15-17(21)22-16(18-15)13-6-4-3-5-7-13/h3-10,19H,1-2H3/b20-15+. The number of amidine groups is 1. The van der Waals surface area contributed by atoms with E-state index in [9.17, 15) is 4.79 Å². The molecule has 0 unspecified atom stereocenters. The molecular formula is C17H15N3O2. The van der Waals surface area contributed by atoms with E-state index in [1.807, 2.05) is 62.4 Å². The zero-order valence-electron chi connectivity index (χ0n) is 12.3. The van der Waals surface area contributed by atoms with E-state index in [1.54, 1.807) is 0 Å². The molecule has 0 bridgehead atoms. The summed E-state index contributed by atoms with van der Waals surface area (Å²) < 4.78 is 5.13. The number of aliphatic imine (C=N–C) groups is 1. The second-order valence-electron chi connectivity index (χ2n) is 5.02. The van der Waals surface area contributed by atoms with Crippen LogP contribution >= 0.6 is 0 Å². The van der Waals surface area contributed by atoms with Gasteiger partial charge in [-0.2, -0.15) is 4.99 Å². The predicted octanol–water partition coefficient (Wildman–Crippen LogP) is 3.03. The summed E-state index contributed by atoms with van der Waals surface area (Å²) in [6.45, 7) is 4.05. The van der Waals surface area contributed by atoms with Crippen molar-refractivity contribution in [3.63, 3.8) is 0 Å². The van der Waals surface area contributed by atoms with Crippen LogP contribution in [0.3, 0.4) is 0 Å². The number of benzene rings is 2. The van der Waals surface area contributed by atoms with Gasteiger partial charge in [0.05, 0.1) is 5.69 Å². The van der Waals surface area contributed by atoms with Gasteiger partial charge in [0.2, 0.25) is 5.90 Å². The van der Waals surface area contributed by atoms with Crippen LogP contribution in [0, 0.1) is 13.8 Å². The van der Waals surface area contributed by atoms with Gasteiger partial charge in [-0.15, -0.1) is 5.10 Å². The first-order chi connectivity index (χ1) is 10.6. The summed E-state index contributed by atoms with van der Waals surface area (Å²) >= 11 is 0. The lowest BCUT2D eigenvalue weighted by Crippen LogP contribution is -2.11. The van der Waals surface area contributed by atoms with Crippen molar-refractivity contribution >= 4 is 23.4 Å². The third-order valence-corrected chi connectivity index (χ3v) is 3.40. The van der Waals surface area contributed by atoms with Gasteiger partial charge >= 0.3 is 5.97 Å². The number of rotatable bonds is 3. The molecule has 0 spiro atoms. The van der Waals surface area contributed by atoms with Gasteiger partial charge < -0.3 is 4.74 Å². The summed E-state index contributed by atoms with van der Waals surface area (Å²) in [5.41, 5.74) is 6.72.